The molecule has 1 nitrogen and oxygen atoms in total. The fraction of sp³-hybridized carbons (Fsp3) is 0.143. The van der Waals surface area contributed by atoms with Gasteiger partial charge in [-0.15, -0.1) is 11.3 Å². The molecule has 0 fully saturated rings. The molecule has 0 amide bonds. The Kier molecular flexibility index (Phi) is 6.57. The Morgan fingerprint density at radius 2 is 1.08 bits per heavy atom. The van der Waals surface area contributed by atoms with Gasteiger partial charge in [-0.05, 0) is 115 Å². The number of hydrogen-bond donors (Lipinski definition) is 0. The van der Waals surface area contributed by atoms with Crippen LogP contribution in [0.15, 0.2) is 152 Å². The molecule has 10 rings (SSSR count). The molecule has 0 atom stereocenters. The molecule has 0 N–H and O–H groups in total. The predicted molar refractivity (Wildman–Crippen MR) is 223 cm³/mol. The zero-order chi connectivity index (χ0) is 34.5. The van der Waals surface area contributed by atoms with Gasteiger partial charge in [0, 0.05) is 31.2 Å². The van der Waals surface area contributed by atoms with E-state index in [1.54, 1.807) is 0 Å². The van der Waals surface area contributed by atoms with Crippen LogP contribution in [0.5, 0.6) is 0 Å². The molecule has 1 heterocycles. The van der Waals surface area contributed by atoms with Crippen molar-refractivity contribution in [2.75, 3.05) is 4.90 Å². The van der Waals surface area contributed by atoms with Crippen LogP contribution in [0.4, 0.5) is 17.1 Å². The van der Waals surface area contributed by atoms with Crippen molar-refractivity contribution in [3.63, 3.8) is 0 Å². The van der Waals surface area contributed by atoms with Gasteiger partial charge in [0.05, 0.1) is 11.4 Å². The van der Waals surface area contributed by atoms with E-state index in [4.69, 9.17) is 0 Å². The average molecular weight is 674 g/mol. The van der Waals surface area contributed by atoms with E-state index < -0.39 is 0 Å². The molecule has 1 aliphatic rings. The average Bonchev–Trinajstić information content (AvgIpc) is 3.61. The third kappa shape index (κ3) is 4.66. The van der Waals surface area contributed by atoms with E-state index in [0.717, 1.165) is 5.69 Å². The molecular formula is C49H39NS. The summed E-state index contributed by atoms with van der Waals surface area (Å²) in [5, 5.41) is 10.3. The molecule has 0 saturated heterocycles. The summed E-state index contributed by atoms with van der Waals surface area (Å²) in [6.07, 6.45) is 1.17. The maximum Gasteiger partial charge on any atom is 0.0555 e. The van der Waals surface area contributed by atoms with E-state index in [-0.39, 0.29) is 10.8 Å². The molecular weight excluding hydrogens is 635 g/mol. The highest BCUT2D eigenvalue weighted by molar-refractivity contribution is 7.26. The molecule has 0 bridgehead atoms. The normalized spacial score (nSPS) is 14.9. The number of fused-ring (bicyclic) bond motifs is 8. The van der Waals surface area contributed by atoms with Gasteiger partial charge in [-0.2, -0.15) is 0 Å². The minimum absolute atomic E-state index is 0.133. The van der Waals surface area contributed by atoms with Crippen LogP contribution >= 0.6 is 11.3 Å². The first-order valence-corrected chi connectivity index (χ1v) is 18.9. The Morgan fingerprint density at radius 1 is 0.471 bits per heavy atom. The third-order valence-electron chi connectivity index (χ3n) is 11.4. The first-order chi connectivity index (χ1) is 24.8. The molecule has 246 valence electrons. The van der Waals surface area contributed by atoms with Gasteiger partial charge in [0.2, 0.25) is 0 Å². The Hall–Kier alpha value is -5.44. The van der Waals surface area contributed by atoms with Crippen molar-refractivity contribution in [2.24, 2.45) is 0 Å². The number of hydrogen-bond acceptors (Lipinski definition) is 2. The van der Waals surface area contributed by atoms with Crippen LogP contribution in [-0.2, 0) is 10.8 Å². The lowest BCUT2D eigenvalue weighted by Gasteiger charge is -2.28. The fourth-order valence-electron chi connectivity index (χ4n) is 9.35. The highest BCUT2D eigenvalue weighted by atomic mass is 32.1. The lowest BCUT2D eigenvalue weighted by atomic mass is 9.82. The Labute approximate surface area is 303 Å². The van der Waals surface area contributed by atoms with Gasteiger partial charge in [0.25, 0.3) is 0 Å². The van der Waals surface area contributed by atoms with E-state index in [2.05, 4.69) is 184 Å². The van der Waals surface area contributed by atoms with Crippen molar-refractivity contribution < 1.29 is 0 Å². The third-order valence-corrected chi connectivity index (χ3v) is 12.5. The zero-order valence-corrected chi connectivity index (χ0v) is 30.3. The highest BCUT2D eigenvalue weighted by Gasteiger charge is 2.42. The topological polar surface area (TPSA) is 3.24 Å². The van der Waals surface area contributed by atoms with Gasteiger partial charge in [-0.1, -0.05) is 131 Å². The predicted octanol–water partition coefficient (Wildman–Crippen LogP) is 14.6. The standard InChI is InChI=1S/C49H39NS/c1-48(2)30-49(3,4)42-29-46-40(28-41(42)48)47-44(21-12-22-45(47)51-46)50(43-20-11-15-31-13-5-8-17-36(31)43)34-25-23-32(24-26-34)39-27-33-14-6-7-16-35(33)37-18-9-10-19-38(37)39/h5-29H,30H2,1-4H3. The smallest absolute Gasteiger partial charge is 0.0555 e. The van der Waals surface area contributed by atoms with Gasteiger partial charge in [0.1, 0.15) is 0 Å². The van der Waals surface area contributed by atoms with E-state index in [1.165, 1.54) is 92.5 Å². The summed E-state index contributed by atoms with van der Waals surface area (Å²) in [5.74, 6) is 0. The summed E-state index contributed by atoms with van der Waals surface area (Å²) in [5.41, 5.74) is 9.34. The van der Waals surface area contributed by atoms with Crippen LogP contribution in [0.25, 0.3) is 63.6 Å². The van der Waals surface area contributed by atoms with Crippen LogP contribution in [0.1, 0.15) is 45.2 Å². The van der Waals surface area contributed by atoms with E-state index in [1.807, 2.05) is 11.3 Å². The second-order valence-electron chi connectivity index (χ2n) is 15.7. The summed E-state index contributed by atoms with van der Waals surface area (Å²) in [6, 6.07) is 56.6. The monoisotopic (exact) mass is 673 g/mol. The van der Waals surface area contributed by atoms with Crippen molar-refractivity contribution in [3.05, 3.63) is 163 Å². The minimum Gasteiger partial charge on any atom is -0.309 e. The molecule has 51 heavy (non-hydrogen) atoms. The molecule has 0 aliphatic heterocycles. The number of benzene rings is 8. The van der Waals surface area contributed by atoms with Crippen molar-refractivity contribution >= 4 is 80.9 Å². The Morgan fingerprint density at radius 3 is 1.86 bits per heavy atom. The lowest BCUT2D eigenvalue weighted by molar-refractivity contribution is 0.403. The molecule has 2 heteroatoms. The first-order valence-electron chi connectivity index (χ1n) is 18.1. The first kappa shape index (κ1) is 30.4. The molecule has 0 spiro atoms. The maximum atomic E-state index is 2.54. The summed E-state index contributed by atoms with van der Waals surface area (Å²) in [4.78, 5) is 2.50. The summed E-state index contributed by atoms with van der Waals surface area (Å²) in [7, 11) is 0. The number of anilines is 3. The van der Waals surface area contributed by atoms with Crippen LogP contribution in [0.3, 0.4) is 0 Å². The Balaban J connectivity index is 1.21. The largest absolute Gasteiger partial charge is 0.309 e. The molecule has 8 aromatic carbocycles. The molecule has 1 aliphatic carbocycles. The van der Waals surface area contributed by atoms with Crippen LogP contribution in [-0.4, -0.2) is 0 Å². The van der Waals surface area contributed by atoms with Crippen molar-refractivity contribution in [1.29, 1.82) is 0 Å². The van der Waals surface area contributed by atoms with Gasteiger partial charge in [-0.3, -0.25) is 0 Å². The molecule has 9 aromatic rings. The molecule has 0 saturated carbocycles. The van der Waals surface area contributed by atoms with Crippen LogP contribution in [0, 0.1) is 0 Å². The summed E-state index contributed by atoms with van der Waals surface area (Å²) < 4.78 is 2.70. The maximum absolute atomic E-state index is 2.54. The Bertz CT molecular complexity index is 2830. The van der Waals surface area contributed by atoms with Gasteiger partial charge in [-0.25, -0.2) is 0 Å². The molecule has 1 aromatic heterocycles. The highest BCUT2D eigenvalue weighted by Crippen LogP contribution is 2.53. The number of rotatable bonds is 4. The quantitative estimate of drug-likeness (QED) is 0.168. The van der Waals surface area contributed by atoms with Gasteiger partial charge in [0.15, 0.2) is 0 Å². The van der Waals surface area contributed by atoms with E-state index in [9.17, 15) is 0 Å². The lowest BCUT2D eigenvalue weighted by Crippen LogP contribution is -2.17. The van der Waals surface area contributed by atoms with Crippen molar-refractivity contribution in [3.8, 4) is 11.1 Å². The van der Waals surface area contributed by atoms with E-state index >= 15 is 0 Å². The fourth-order valence-corrected chi connectivity index (χ4v) is 10.5. The number of thiophene rings is 1. The number of nitrogens with zero attached hydrogens (tertiary/aromatic N) is 1. The minimum atomic E-state index is 0.133. The zero-order valence-electron chi connectivity index (χ0n) is 29.5. The second-order valence-corrected chi connectivity index (χ2v) is 16.7. The molecule has 0 radical (unpaired) electrons. The van der Waals surface area contributed by atoms with Crippen molar-refractivity contribution in [1.82, 2.24) is 0 Å². The van der Waals surface area contributed by atoms with Crippen molar-refractivity contribution in [2.45, 2.75) is 44.9 Å². The van der Waals surface area contributed by atoms with Crippen LogP contribution in [0.2, 0.25) is 0 Å². The summed E-state index contributed by atoms with van der Waals surface area (Å²) >= 11 is 1.93. The van der Waals surface area contributed by atoms with Crippen LogP contribution < -0.4 is 4.90 Å². The van der Waals surface area contributed by atoms with Gasteiger partial charge < -0.3 is 4.90 Å². The second kappa shape index (κ2) is 11.0. The van der Waals surface area contributed by atoms with E-state index in [0.29, 0.717) is 0 Å². The SMILES string of the molecule is CC1(C)CC(C)(C)c2cc3c(cc21)sc1cccc(N(c2ccc(-c4cc5ccccc5c5ccccc45)cc2)c2cccc4ccccc24)c13. The molecule has 0 unspecified atom stereocenters. The summed E-state index contributed by atoms with van der Waals surface area (Å²) in [6.45, 7) is 9.67. The van der Waals surface area contributed by atoms with Gasteiger partial charge >= 0.3 is 0 Å².